The maximum atomic E-state index is 13.0. The average Bonchev–Trinajstić information content (AvgIpc) is 2.38. The summed E-state index contributed by atoms with van der Waals surface area (Å²) in [5, 5.41) is 2.51. The highest BCUT2D eigenvalue weighted by Gasteiger charge is 2.32. The summed E-state index contributed by atoms with van der Waals surface area (Å²) >= 11 is 0. The summed E-state index contributed by atoms with van der Waals surface area (Å²) in [6, 6.07) is 3.50. The minimum absolute atomic E-state index is 0.0600. The van der Waals surface area contributed by atoms with Gasteiger partial charge in [-0.2, -0.15) is 13.2 Å². The van der Waals surface area contributed by atoms with Gasteiger partial charge in [-0.15, -0.1) is 0 Å². The van der Waals surface area contributed by atoms with E-state index in [9.17, 15) is 18.0 Å². The molecule has 0 aliphatic rings. The van der Waals surface area contributed by atoms with Gasteiger partial charge in [-0.05, 0) is 45.9 Å². The average molecular weight is 332 g/mol. The molecule has 0 unspecified atom stereocenters. The van der Waals surface area contributed by atoms with Crippen LogP contribution < -0.4 is 10.2 Å². The molecule has 1 rings (SSSR count). The van der Waals surface area contributed by atoms with E-state index in [0.29, 0.717) is 5.69 Å². The van der Waals surface area contributed by atoms with E-state index in [1.165, 1.54) is 13.2 Å². The highest BCUT2D eigenvalue weighted by atomic mass is 19.4. The van der Waals surface area contributed by atoms with E-state index in [1.807, 2.05) is 32.6 Å². The Balaban J connectivity index is 3.35. The molecule has 0 saturated heterocycles. The second-order valence-corrected chi connectivity index (χ2v) is 5.81. The maximum absolute atomic E-state index is 13.0. The van der Waals surface area contributed by atoms with Gasteiger partial charge in [0.1, 0.15) is 6.61 Å². The number of amides is 1. The SMILES string of the molecule is COCC(=O)Nc1cc(C(F)(F)F)ccc1N(C(C)C)C(C)C. The van der Waals surface area contributed by atoms with E-state index in [2.05, 4.69) is 5.32 Å². The maximum Gasteiger partial charge on any atom is 0.416 e. The van der Waals surface area contributed by atoms with Crippen molar-refractivity contribution in [3.05, 3.63) is 23.8 Å². The minimum Gasteiger partial charge on any atom is -0.375 e. The van der Waals surface area contributed by atoms with Crippen LogP contribution in [0.2, 0.25) is 0 Å². The van der Waals surface area contributed by atoms with Gasteiger partial charge in [0, 0.05) is 19.2 Å². The summed E-state index contributed by atoms with van der Waals surface area (Å²) in [5.41, 5.74) is -0.127. The van der Waals surface area contributed by atoms with Gasteiger partial charge in [0.05, 0.1) is 16.9 Å². The van der Waals surface area contributed by atoms with Crippen molar-refractivity contribution in [1.82, 2.24) is 0 Å². The van der Waals surface area contributed by atoms with Crippen LogP contribution in [0.15, 0.2) is 18.2 Å². The first-order chi connectivity index (χ1) is 10.6. The number of rotatable bonds is 6. The number of benzene rings is 1. The molecule has 0 spiro atoms. The highest BCUT2D eigenvalue weighted by Crippen LogP contribution is 2.36. The third-order valence-corrected chi connectivity index (χ3v) is 3.26. The first kappa shape index (κ1) is 19.3. The van der Waals surface area contributed by atoms with Crippen molar-refractivity contribution in [2.24, 2.45) is 0 Å². The summed E-state index contributed by atoms with van der Waals surface area (Å²) in [4.78, 5) is 13.7. The second-order valence-electron chi connectivity index (χ2n) is 5.81. The van der Waals surface area contributed by atoms with Crippen LogP contribution in [-0.2, 0) is 15.7 Å². The van der Waals surface area contributed by atoms with Gasteiger partial charge in [-0.25, -0.2) is 0 Å². The molecule has 23 heavy (non-hydrogen) atoms. The number of hydrogen-bond acceptors (Lipinski definition) is 3. The smallest absolute Gasteiger partial charge is 0.375 e. The molecule has 1 aromatic carbocycles. The molecule has 0 aromatic heterocycles. The number of anilines is 2. The lowest BCUT2D eigenvalue weighted by molar-refractivity contribution is -0.137. The molecule has 4 nitrogen and oxygen atoms in total. The summed E-state index contributed by atoms with van der Waals surface area (Å²) < 4.78 is 43.6. The minimum atomic E-state index is -4.47. The first-order valence-corrected chi connectivity index (χ1v) is 7.36. The predicted molar refractivity (Wildman–Crippen MR) is 84.7 cm³/mol. The fourth-order valence-corrected chi connectivity index (χ4v) is 2.51. The Hall–Kier alpha value is -1.76. The number of carbonyl (C=O) groups excluding carboxylic acids is 1. The summed E-state index contributed by atoms with van der Waals surface area (Å²) in [6.45, 7) is 7.55. The molecule has 7 heteroatoms. The lowest BCUT2D eigenvalue weighted by Gasteiger charge is -2.35. The Bertz CT molecular complexity index is 535. The van der Waals surface area contributed by atoms with E-state index in [-0.39, 0.29) is 24.4 Å². The Morgan fingerprint density at radius 1 is 1.22 bits per heavy atom. The lowest BCUT2D eigenvalue weighted by Crippen LogP contribution is -2.37. The Morgan fingerprint density at radius 3 is 2.22 bits per heavy atom. The van der Waals surface area contributed by atoms with Crippen LogP contribution in [0.5, 0.6) is 0 Å². The topological polar surface area (TPSA) is 41.6 Å². The molecule has 1 aromatic rings. The zero-order valence-corrected chi connectivity index (χ0v) is 14.0. The molecule has 0 saturated carbocycles. The van der Waals surface area contributed by atoms with Crippen LogP contribution in [0.1, 0.15) is 33.3 Å². The Morgan fingerprint density at radius 2 is 1.78 bits per heavy atom. The van der Waals surface area contributed by atoms with Crippen LogP contribution >= 0.6 is 0 Å². The Kier molecular flexibility index (Phi) is 6.44. The predicted octanol–water partition coefficient (Wildman–Crippen LogP) is 3.91. The third-order valence-electron chi connectivity index (χ3n) is 3.26. The van der Waals surface area contributed by atoms with E-state index in [1.54, 1.807) is 0 Å². The van der Waals surface area contributed by atoms with Gasteiger partial charge >= 0.3 is 6.18 Å². The van der Waals surface area contributed by atoms with Crippen molar-refractivity contribution in [1.29, 1.82) is 0 Å². The van der Waals surface area contributed by atoms with Gasteiger partial charge in [-0.3, -0.25) is 4.79 Å². The van der Waals surface area contributed by atoms with Crippen molar-refractivity contribution in [2.75, 3.05) is 23.9 Å². The van der Waals surface area contributed by atoms with Crippen LogP contribution in [0, 0.1) is 0 Å². The number of alkyl halides is 3. The standard InChI is InChI=1S/C16H23F3N2O2/c1-10(2)21(11(3)4)14-7-6-12(16(17,18)19)8-13(14)20-15(22)9-23-5/h6-8,10-11H,9H2,1-5H3,(H,20,22). The van der Waals surface area contributed by atoms with Crippen LogP contribution in [0.25, 0.3) is 0 Å². The zero-order chi connectivity index (χ0) is 17.8. The van der Waals surface area contributed by atoms with Gasteiger partial charge in [0.2, 0.25) is 5.91 Å². The van der Waals surface area contributed by atoms with Crippen LogP contribution in [0.3, 0.4) is 0 Å². The summed E-state index contributed by atoms with van der Waals surface area (Å²) in [5.74, 6) is -0.500. The van der Waals surface area contributed by atoms with Crippen molar-refractivity contribution in [2.45, 2.75) is 46.0 Å². The molecule has 0 radical (unpaired) electrons. The Labute approximate surface area is 134 Å². The molecule has 0 atom stereocenters. The number of methoxy groups -OCH3 is 1. The molecule has 1 N–H and O–H groups in total. The number of ether oxygens (including phenoxy) is 1. The number of carbonyl (C=O) groups is 1. The van der Waals surface area contributed by atoms with E-state index in [0.717, 1.165) is 12.1 Å². The number of halogens is 3. The van der Waals surface area contributed by atoms with Gasteiger partial charge < -0.3 is 15.0 Å². The van der Waals surface area contributed by atoms with Gasteiger partial charge in [0.15, 0.2) is 0 Å². The van der Waals surface area contributed by atoms with Crippen LogP contribution in [-0.4, -0.2) is 31.7 Å². The monoisotopic (exact) mass is 332 g/mol. The molecular weight excluding hydrogens is 309 g/mol. The second kappa shape index (κ2) is 7.68. The van der Waals surface area contributed by atoms with E-state index < -0.39 is 17.6 Å². The number of nitrogens with zero attached hydrogens (tertiary/aromatic N) is 1. The van der Waals surface area contributed by atoms with Crippen LogP contribution in [0.4, 0.5) is 24.5 Å². The van der Waals surface area contributed by atoms with Crippen molar-refractivity contribution in [3.8, 4) is 0 Å². The fraction of sp³-hybridized carbons (Fsp3) is 0.562. The normalized spacial score (nSPS) is 11.9. The lowest BCUT2D eigenvalue weighted by atomic mass is 10.1. The third kappa shape index (κ3) is 5.13. The number of hydrogen-bond donors (Lipinski definition) is 1. The zero-order valence-electron chi connectivity index (χ0n) is 14.0. The molecule has 0 heterocycles. The molecule has 130 valence electrons. The molecular formula is C16H23F3N2O2. The van der Waals surface area contributed by atoms with E-state index >= 15 is 0 Å². The molecule has 0 aliphatic carbocycles. The summed E-state index contributed by atoms with van der Waals surface area (Å²) in [6.07, 6.45) is -4.47. The quantitative estimate of drug-likeness (QED) is 0.859. The number of nitrogens with one attached hydrogen (secondary N) is 1. The first-order valence-electron chi connectivity index (χ1n) is 7.36. The van der Waals surface area contributed by atoms with Gasteiger partial charge in [-0.1, -0.05) is 0 Å². The van der Waals surface area contributed by atoms with Crippen molar-refractivity contribution < 1.29 is 22.7 Å². The summed E-state index contributed by atoms with van der Waals surface area (Å²) in [7, 11) is 1.35. The fourth-order valence-electron chi connectivity index (χ4n) is 2.51. The van der Waals surface area contributed by atoms with E-state index in [4.69, 9.17) is 4.74 Å². The molecule has 0 aliphatic heterocycles. The molecule has 0 bridgehead atoms. The highest BCUT2D eigenvalue weighted by molar-refractivity contribution is 5.95. The van der Waals surface area contributed by atoms with Gasteiger partial charge in [0.25, 0.3) is 0 Å². The molecule has 0 fully saturated rings. The largest absolute Gasteiger partial charge is 0.416 e. The van der Waals surface area contributed by atoms with Crippen molar-refractivity contribution >= 4 is 17.3 Å². The van der Waals surface area contributed by atoms with Crippen molar-refractivity contribution in [3.63, 3.8) is 0 Å². The molecule has 1 amide bonds.